The van der Waals surface area contributed by atoms with Gasteiger partial charge in [0, 0.05) is 38.0 Å². The fraction of sp³-hybridized carbons (Fsp3) is 0.706. The normalized spacial score (nSPS) is 22.6. The summed E-state index contributed by atoms with van der Waals surface area (Å²) in [5.41, 5.74) is 3.67. The third kappa shape index (κ3) is 3.74. The van der Waals surface area contributed by atoms with Crippen LogP contribution in [-0.2, 0) is 11.3 Å². The van der Waals surface area contributed by atoms with Crippen LogP contribution in [0, 0.1) is 13.8 Å². The fourth-order valence-corrected chi connectivity index (χ4v) is 3.13. The van der Waals surface area contributed by atoms with E-state index >= 15 is 0 Å². The minimum absolute atomic E-state index is 0.0625. The van der Waals surface area contributed by atoms with Crippen LogP contribution in [-0.4, -0.2) is 37.3 Å². The fourth-order valence-electron chi connectivity index (χ4n) is 3.13. The molecule has 0 aromatic carbocycles. The standard InChI is InChI=1S/C17H29N3O/c1-6-18-11-15-13(2)10-14(3)19-16(15)20-9-7-8-17(4,12-20)21-5/h10,18H,6-9,11-12H2,1-5H3. The molecule has 0 radical (unpaired) electrons. The molecule has 1 atom stereocenters. The van der Waals surface area contributed by atoms with Crippen molar-refractivity contribution in [2.75, 3.05) is 31.6 Å². The van der Waals surface area contributed by atoms with Gasteiger partial charge in [-0.05, 0) is 51.8 Å². The molecule has 0 bridgehead atoms. The van der Waals surface area contributed by atoms with Gasteiger partial charge in [0.1, 0.15) is 5.82 Å². The van der Waals surface area contributed by atoms with E-state index in [9.17, 15) is 0 Å². The maximum Gasteiger partial charge on any atom is 0.133 e. The maximum absolute atomic E-state index is 5.73. The lowest BCUT2D eigenvalue weighted by Crippen LogP contribution is -2.48. The Kier molecular flexibility index (Phi) is 5.22. The molecule has 118 valence electrons. The zero-order valence-corrected chi connectivity index (χ0v) is 14.1. The molecule has 2 rings (SSSR count). The van der Waals surface area contributed by atoms with Gasteiger partial charge >= 0.3 is 0 Å². The summed E-state index contributed by atoms with van der Waals surface area (Å²) in [4.78, 5) is 7.24. The second-order valence-corrected chi connectivity index (χ2v) is 6.34. The summed E-state index contributed by atoms with van der Waals surface area (Å²) in [6.07, 6.45) is 2.27. The van der Waals surface area contributed by atoms with E-state index in [1.165, 1.54) is 11.1 Å². The van der Waals surface area contributed by atoms with Gasteiger partial charge < -0.3 is 15.0 Å². The number of aromatic nitrogens is 1. The molecule has 1 N–H and O–H groups in total. The van der Waals surface area contributed by atoms with Crippen LogP contribution in [0.5, 0.6) is 0 Å². The van der Waals surface area contributed by atoms with Gasteiger partial charge in [-0.15, -0.1) is 0 Å². The van der Waals surface area contributed by atoms with E-state index in [-0.39, 0.29) is 5.60 Å². The highest BCUT2D eigenvalue weighted by atomic mass is 16.5. The molecular formula is C17H29N3O. The number of methoxy groups -OCH3 is 1. The van der Waals surface area contributed by atoms with Gasteiger partial charge in [0.15, 0.2) is 0 Å². The van der Waals surface area contributed by atoms with E-state index in [0.29, 0.717) is 0 Å². The van der Waals surface area contributed by atoms with Crippen molar-refractivity contribution in [1.29, 1.82) is 0 Å². The summed E-state index contributed by atoms with van der Waals surface area (Å²) >= 11 is 0. The first-order valence-corrected chi connectivity index (χ1v) is 7.97. The highest BCUT2D eigenvalue weighted by Gasteiger charge is 2.32. The van der Waals surface area contributed by atoms with Crippen molar-refractivity contribution in [2.24, 2.45) is 0 Å². The molecule has 0 saturated carbocycles. The number of hydrogen-bond donors (Lipinski definition) is 1. The predicted molar refractivity (Wildman–Crippen MR) is 88.0 cm³/mol. The van der Waals surface area contributed by atoms with Crippen molar-refractivity contribution in [3.8, 4) is 0 Å². The number of nitrogens with zero attached hydrogens (tertiary/aromatic N) is 2. The van der Waals surface area contributed by atoms with Gasteiger partial charge in [0.2, 0.25) is 0 Å². The van der Waals surface area contributed by atoms with Crippen LogP contribution in [0.25, 0.3) is 0 Å². The van der Waals surface area contributed by atoms with Crippen LogP contribution in [0.2, 0.25) is 0 Å². The summed E-state index contributed by atoms with van der Waals surface area (Å²) in [5.74, 6) is 1.14. The second-order valence-electron chi connectivity index (χ2n) is 6.34. The molecular weight excluding hydrogens is 262 g/mol. The van der Waals surface area contributed by atoms with Crippen molar-refractivity contribution < 1.29 is 4.74 Å². The summed E-state index contributed by atoms with van der Waals surface area (Å²) in [7, 11) is 1.82. The van der Waals surface area contributed by atoms with Gasteiger partial charge in [0.25, 0.3) is 0 Å². The van der Waals surface area contributed by atoms with E-state index < -0.39 is 0 Å². The minimum atomic E-state index is -0.0625. The summed E-state index contributed by atoms with van der Waals surface area (Å²) in [6, 6.07) is 2.18. The van der Waals surface area contributed by atoms with Gasteiger partial charge in [0.05, 0.1) is 5.60 Å². The van der Waals surface area contributed by atoms with Crippen molar-refractivity contribution in [1.82, 2.24) is 10.3 Å². The Morgan fingerprint density at radius 2 is 2.19 bits per heavy atom. The Hall–Kier alpha value is -1.13. The number of piperidine rings is 1. The maximum atomic E-state index is 5.73. The van der Waals surface area contributed by atoms with Crippen LogP contribution in [0.1, 0.15) is 43.5 Å². The number of ether oxygens (including phenoxy) is 1. The molecule has 0 aliphatic carbocycles. The third-order valence-electron chi connectivity index (χ3n) is 4.46. The van der Waals surface area contributed by atoms with Crippen molar-refractivity contribution in [2.45, 2.75) is 52.7 Å². The Bertz CT molecular complexity index is 489. The zero-order valence-electron chi connectivity index (χ0n) is 14.1. The summed E-state index contributed by atoms with van der Waals surface area (Å²) in [5, 5.41) is 3.44. The molecule has 1 aromatic heterocycles. The molecule has 1 saturated heterocycles. The van der Waals surface area contributed by atoms with Crippen molar-refractivity contribution in [3.05, 3.63) is 22.9 Å². The highest BCUT2D eigenvalue weighted by molar-refractivity contribution is 5.52. The van der Waals surface area contributed by atoms with Crippen molar-refractivity contribution in [3.63, 3.8) is 0 Å². The number of hydrogen-bond acceptors (Lipinski definition) is 4. The molecule has 0 spiro atoms. The van der Waals surface area contributed by atoms with Crippen LogP contribution >= 0.6 is 0 Å². The number of rotatable bonds is 5. The molecule has 21 heavy (non-hydrogen) atoms. The Morgan fingerprint density at radius 1 is 1.43 bits per heavy atom. The van der Waals surface area contributed by atoms with Gasteiger partial charge in [-0.25, -0.2) is 4.98 Å². The molecule has 0 amide bonds. The highest BCUT2D eigenvalue weighted by Crippen LogP contribution is 2.30. The average molecular weight is 291 g/mol. The van der Waals surface area contributed by atoms with E-state index in [2.05, 4.69) is 44.0 Å². The molecule has 1 aromatic rings. The Balaban J connectivity index is 2.32. The topological polar surface area (TPSA) is 37.4 Å². The first-order chi connectivity index (χ1) is 9.99. The average Bonchev–Trinajstić information content (AvgIpc) is 2.46. The molecule has 2 heterocycles. The molecule has 1 aliphatic rings. The predicted octanol–water partition coefficient (Wildman–Crippen LogP) is 2.81. The first-order valence-electron chi connectivity index (χ1n) is 7.97. The quantitative estimate of drug-likeness (QED) is 0.905. The van der Waals surface area contributed by atoms with Crippen LogP contribution in [0.4, 0.5) is 5.82 Å². The third-order valence-corrected chi connectivity index (χ3v) is 4.46. The number of pyridine rings is 1. The molecule has 4 nitrogen and oxygen atoms in total. The molecule has 4 heteroatoms. The molecule has 1 unspecified atom stereocenters. The SMILES string of the molecule is CCNCc1c(C)cc(C)nc1N1CCCC(C)(OC)C1. The summed E-state index contributed by atoms with van der Waals surface area (Å²) < 4.78 is 5.73. The minimum Gasteiger partial charge on any atom is -0.377 e. The number of aryl methyl sites for hydroxylation is 2. The summed E-state index contributed by atoms with van der Waals surface area (Å²) in [6.45, 7) is 12.4. The Labute approximate surface area is 128 Å². The smallest absolute Gasteiger partial charge is 0.133 e. The number of anilines is 1. The van der Waals surface area contributed by atoms with Crippen LogP contribution < -0.4 is 10.2 Å². The van der Waals surface area contributed by atoms with E-state index in [1.54, 1.807) is 0 Å². The molecule has 1 aliphatic heterocycles. The van der Waals surface area contributed by atoms with Crippen LogP contribution in [0.3, 0.4) is 0 Å². The van der Waals surface area contributed by atoms with Gasteiger partial charge in [-0.1, -0.05) is 6.92 Å². The number of nitrogens with one attached hydrogen (secondary N) is 1. The monoisotopic (exact) mass is 291 g/mol. The van der Waals surface area contributed by atoms with Crippen LogP contribution in [0.15, 0.2) is 6.07 Å². The van der Waals surface area contributed by atoms with Gasteiger partial charge in [-0.3, -0.25) is 0 Å². The lowest BCUT2D eigenvalue weighted by atomic mass is 9.94. The zero-order chi connectivity index (χ0) is 15.5. The van der Waals surface area contributed by atoms with Gasteiger partial charge in [-0.2, -0.15) is 0 Å². The second kappa shape index (κ2) is 6.75. The lowest BCUT2D eigenvalue weighted by Gasteiger charge is -2.41. The van der Waals surface area contributed by atoms with E-state index in [0.717, 1.165) is 50.5 Å². The Morgan fingerprint density at radius 3 is 2.86 bits per heavy atom. The first kappa shape index (κ1) is 16.2. The molecule has 1 fully saturated rings. The van der Waals surface area contributed by atoms with E-state index in [4.69, 9.17) is 9.72 Å². The lowest BCUT2D eigenvalue weighted by molar-refractivity contribution is -0.00485. The van der Waals surface area contributed by atoms with Crippen molar-refractivity contribution >= 4 is 5.82 Å². The largest absolute Gasteiger partial charge is 0.377 e. The van der Waals surface area contributed by atoms with E-state index in [1.807, 2.05) is 7.11 Å².